The highest BCUT2D eigenvalue weighted by Crippen LogP contribution is 2.60. The third-order valence-corrected chi connectivity index (χ3v) is 8.51. The molecule has 3 aliphatic carbocycles. The van der Waals surface area contributed by atoms with E-state index in [9.17, 15) is 15.3 Å². The van der Waals surface area contributed by atoms with Crippen LogP contribution in [-0.4, -0.2) is 27.2 Å². The average Bonchev–Trinajstić information content (AvgIpc) is 3.00. The number of aliphatic hydroxyl groups is 3. The largest absolute Gasteiger partial charge is 0.393 e. The molecule has 170 valence electrons. The van der Waals surface area contributed by atoms with Crippen molar-refractivity contribution in [1.29, 1.82) is 0 Å². The molecule has 3 nitrogen and oxygen atoms in total. The highest BCUT2D eigenvalue weighted by molar-refractivity contribution is 5.40. The van der Waals surface area contributed by atoms with Gasteiger partial charge in [0.05, 0.1) is 6.10 Å². The molecule has 3 aliphatic rings. The Morgan fingerprint density at radius 2 is 1.87 bits per heavy atom. The zero-order valence-corrected chi connectivity index (χ0v) is 19.7. The van der Waals surface area contributed by atoms with Crippen molar-refractivity contribution in [3.63, 3.8) is 0 Å². The Labute approximate surface area is 184 Å². The van der Waals surface area contributed by atoms with E-state index >= 15 is 0 Å². The molecular formula is C27H44O3. The summed E-state index contributed by atoms with van der Waals surface area (Å²) in [5.74, 6) is 1.03. The van der Waals surface area contributed by atoms with Crippen LogP contribution in [0.2, 0.25) is 0 Å². The van der Waals surface area contributed by atoms with E-state index in [1.807, 2.05) is 6.08 Å². The Morgan fingerprint density at radius 1 is 1.13 bits per heavy atom. The third kappa shape index (κ3) is 4.95. The Kier molecular flexibility index (Phi) is 7.37. The molecule has 3 heteroatoms. The molecule has 0 spiro atoms. The second-order valence-corrected chi connectivity index (χ2v) is 11.2. The monoisotopic (exact) mass is 416 g/mol. The van der Waals surface area contributed by atoms with Crippen LogP contribution in [0.25, 0.3) is 0 Å². The van der Waals surface area contributed by atoms with Crippen LogP contribution >= 0.6 is 0 Å². The predicted molar refractivity (Wildman–Crippen MR) is 124 cm³/mol. The molecule has 0 aromatic heterocycles. The van der Waals surface area contributed by atoms with E-state index in [2.05, 4.69) is 40.3 Å². The molecule has 0 aliphatic heterocycles. The van der Waals surface area contributed by atoms with Gasteiger partial charge in [0.15, 0.2) is 5.79 Å². The lowest BCUT2D eigenvalue weighted by Gasteiger charge is -2.44. The van der Waals surface area contributed by atoms with Crippen LogP contribution in [0.5, 0.6) is 0 Å². The molecule has 0 bridgehead atoms. The van der Waals surface area contributed by atoms with Crippen LogP contribution in [0, 0.1) is 29.1 Å². The summed E-state index contributed by atoms with van der Waals surface area (Å²) < 4.78 is 0. The summed E-state index contributed by atoms with van der Waals surface area (Å²) in [6.07, 6.45) is 14.2. The van der Waals surface area contributed by atoms with Crippen LogP contribution < -0.4 is 0 Å². The van der Waals surface area contributed by atoms with Crippen molar-refractivity contribution in [2.75, 3.05) is 0 Å². The minimum atomic E-state index is -1.99. The normalized spacial score (nSPS) is 37.7. The standard InChI is InChI=1S/C27H44O3/c1-18(2)8-6-9-19(3)24-13-14-25-21(10-7-15-26(24,25)5)11-12-22-16-23(28)17-27(29,30)20(22)4/h11-12,18-19,23-25,28-30H,4,6-10,13-17H2,1-3,5H3/b21-11?,22-12-/t19-,23-,24-,25?,26-/m1/s1. The Balaban J connectivity index is 1.74. The second-order valence-electron chi connectivity index (χ2n) is 11.2. The lowest BCUT2D eigenvalue weighted by molar-refractivity contribution is -0.155. The van der Waals surface area contributed by atoms with Gasteiger partial charge < -0.3 is 15.3 Å². The Bertz CT molecular complexity index is 686. The van der Waals surface area contributed by atoms with Crippen molar-refractivity contribution in [2.24, 2.45) is 29.1 Å². The summed E-state index contributed by atoms with van der Waals surface area (Å²) in [5.41, 5.74) is 3.02. The molecule has 0 aromatic rings. The molecule has 0 amide bonds. The fourth-order valence-corrected chi connectivity index (χ4v) is 6.80. The molecule has 1 unspecified atom stereocenters. The third-order valence-electron chi connectivity index (χ3n) is 8.51. The molecule has 0 saturated heterocycles. The molecule has 3 fully saturated rings. The fourth-order valence-electron chi connectivity index (χ4n) is 6.80. The van der Waals surface area contributed by atoms with Gasteiger partial charge in [0.2, 0.25) is 0 Å². The summed E-state index contributed by atoms with van der Waals surface area (Å²) >= 11 is 0. The van der Waals surface area contributed by atoms with Crippen molar-refractivity contribution >= 4 is 0 Å². The number of hydrogen-bond acceptors (Lipinski definition) is 3. The lowest BCUT2D eigenvalue weighted by atomic mass is 9.60. The van der Waals surface area contributed by atoms with E-state index < -0.39 is 11.9 Å². The van der Waals surface area contributed by atoms with Gasteiger partial charge in [-0.3, -0.25) is 0 Å². The molecule has 3 saturated carbocycles. The maximum Gasteiger partial charge on any atom is 0.191 e. The van der Waals surface area contributed by atoms with Gasteiger partial charge in [-0.05, 0) is 73.2 Å². The first-order valence-corrected chi connectivity index (χ1v) is 12.3. The molecule has 0 heterocycles. The van der Waals surface area contributed by atoms with Gasteiger partial charge in [-0.1, -0.05) is 71.3 Å². The highest BCUT2D eigenvalue weighted by Gasteiger charge is 2.50. The molecule has 30 heavy (non-hydrogen) atoms. The van der Waals surface area contributed by atoms with E-state index in [0.29, 0.717) is 23.3 Å². The zero-order valence-electron chi connectivity index (χ0n) is 19.7. The first-order chi connectivity index (χ1) is 14.0. The maximum atomic E-state index is 10.1. The van der Waals surface area contributed by atoms with Crippen molar-refractivity contribution < 1.29 is 15.3 Å². The number of hydrogen-bond donors (Lipinski definition) is 3. The van der Waals surface area contributed by atoms with Crippen molar-refractivity contribution in [2.45, 2.75) is 104 Å². The quantitative estimate of drug-likeness (QED) is 0.472. The van der Waals surface area contributed by atoms with Gasteiger partial charge >= 0.3 is 0 Å². The first-order valence-electron chi connectivity index (χ1n) is 12.3. The van der Waals surface area contributed by atoms with E-state index in [1.54, 1.807) is 0 Å². The van der Waals surface area contributed by atoms with Gasteiger partial charge in [0.1, 0.15) is 0 Å². The molecule has 3 N–H and O–H groups in total. The number of fused-ring (bicyclic) bond motifs is 1. The minimum Gasteiger partial charge on any atom is -0.393 e. The molecule has 3 rings (SSSR count). The smallest absolute Gasteiger partial charge is 0.191 e. The van der Waals surface area contributed by atoms with Crippen LogP contribution in [-0.2, 0) is 0 Å². The lowest BCUT2D eigenvalue weighted by Crippen LogP contribution is -2.40. The van der Waals surface area contributed by atoms with E-state index in [-0.39, 0.29) is 6.42 Å². The van der Waals surface area contributed by atoms with E-state index in [1.165, 1.54) is 50.5 Å². The fraction of sp³-hybridized carbons (Fsp3) is 0.778. The Morgan fingerprint density at radius 3 is 2.57 bits per heavy atom. The van der Waals surface area contributed by atoms with E-state index in [0.717, 1.165) is 29.7 Å². The van der Waals surface area contributed by atoms with Crippen LogP contribution in [0.3, 0.4) is 0 Å². The summed E-state index contributed by atoms with van der Waals surface area (Å²) in [6.45, 7) is 13.5. The summed E-state index contributed by atoms with van der Waals surface area (Å²) in [6, 6.07) is 0. The van der Waals surface area contributed by atoms with Gasteiger partial charge in [-0.2, -0.15) is 0 Å². The Hall–Kier alpha value is -0.900. The first kappa shape index (κ1) is 23.8. The molecule has 0 radical (unpaired) electrons. The maximum absolute atomic E-state index is 10.1. The number of allylic oxidation sites excluding steroid dienone is 3. The minimum absolute atomic E-state index is 0.0587. The summed E-state index contributed by atoms with van der Waals surface area (Å²) in [4.78, 5) is 0. The SMILES string of the molecule is C=C1/C(=C\C=C2CCC[C@@]3(C)C2CC[C@@H]3[C@H](C)CCCC(C)C)C[C@@H](O)CC1(O)O. The molecular weight excluding hydrogens is 372 g/mol. The van der Waals surface area contributed by atoms with Crippen molar-refractivity contribution in [1.82, 2.24) is 0 Å². The number of aliphatic hydroxyl groups excluding tert-OH is 1. The highest BCUT2D eigenvalue weighted by atomic mass is 16.5. The number of rotatable bonds is 6. The van der Waals surface area contributed by atoms with Crippen molar-refractivity contribution in [3.05, 3.63) is 35.5 Å². The summed E-state index contributed by atoms with van der Waals surface area (Å²) in [7, 11) is 0. The van der Waals surface area contributed by atoms with Gasteiger partial charge in [0, 0.05) is 12.0 Å². The van der Waals surface area contributed by atoms with Crippen molar-refractivity contribution in [3.8, 4) is 0 Å². The predicted octanol–water partition coefficient (Wildman–Crippen LogP) is 5.91. The van der Waals surface area contributed by atoms with Gasteiger partial charge in [0.25, 0.3) is 0 Å². The van der Waals surface area contributed by atoms with Crippen LogP contribution in [0.15, 0.2) is 35.5 Å². The molecule has 5 atom stereocenters. The van der Waals surface area contributed by atoms with Gasteiger partial charge in [-0.25, -0.2) is 0 Å². The average molecular weight is 417 g/mol. The van der Waals surface area contributed by atoms with E-state index in [4.69, 9.17) is 0 Å². The zero-order chi connectivity index (χ0) is 22.1. The molecule has 0 aromatic carbocycles. The summed E-state index contributed by atoms with van der Waals surface area (Å²) in [5, 5.41) is 30.3. The topological polar surface area (TPSA) is 60.7 Å². The van der Waals surface area contributed by atoms with Crippen LogP contribution in [0.4, 0.5) is 0 Å². The second kappa shape index (κ2) is 9.30. The van der Waals surface area contributed by atoms with Gasteiger partial charge in [-0.15, -0.1) is 0 Å². The van der Waals surface area contributed by atoms with Crippen LogP contribution in [0.1, 0.15) is 91.9 Å².